The molecule has 23 heavy (non-hydrogen) atoms. The second-order valence-corrected chi connectivity index (χ2v) is 6.15. The van der Waals surface area contributed by atoms with E-state index in [4.69, 9.17) is 9.84 Å². The lowest BCUT2D eigenvalue weighted by molar-refractivity contribution is 0.142. The standard InChI is InChI=1S/C17H25N3O3/c1-2-18-8-7-14(13-18)23-16-6-4-3-5-15(16)19-9-11-20(12-10-19)17(21)22/h3-6,14H,2,7-13H2,1H3,(H,21,22). The van der Waals surface area contributed by atoms with Crippen molar-refractivity contribution in [2.75, 3.05) is 50.7 Å². The molecule has 2 aliphatic heterocycles. The van der Waals surface area contributed by atoms with Crippen LogP contribution in [0.25, 0.3) is 0 Å². The molecule has 0 bridgehead atoms. The first-order valence-corrected chi connectivity index (χ1v) is 8.38. The second kappa shape index (κ2) is 7.08. The highest BCUT2D eigenvalue weighted by molar-refractivity contribution is 5.66. The van der Waals surface area contributed by atoms with E-state index in [-0.39, 0.29) is 6.10 Å². The summed E-state index contributed by atoms with van der Waals surface area (Å²) in [6, 6.07) is 8.10. The Morgan fingerprint density at radius 3 is 2.61 bits per heavy atom. The van der Waals surface area contributed by atoms with Crippen LogP contribution in [0.3, 0.4) is 0 Å². The van der Waals surface area contributed by atoms with E-state index < -0.39 is 6.09 Å². The molecule has 0 saturated carbocycles. The Hall–Kier alpha value is -1.95. The van der Waals surface area contributed by atoms with Crippen molar-refractivity contribution in [1.82, 2.24) is 9.80 Å². The lowest BCUT2D eigenvalue weighted by atomic mass is 10.2. The van der Waals surface area contributed by atoms with Crippen molar-refractivity contribution in [2.45, 2.75) is 19.4 Å². The maximum Gasteiger partial charge on any atom is 0.407 e. The summed E-state index contributed by atoms with van der Waals surface area (Å²) in [6.45, 7) is 7.82. The Balaban J connectivity index is 1.66. The Labute approximate surface area is 137 Å². The molecule has 0 spiro atoms. The largest absolute Gasteiger partial charge is 0.487 e. The number of anilines is 1. The maximum absolute atomic E-state index is 11.0. The normalized spacial score (nSPS) is 22.4. The Kier molecular flexibility index (Phi) is 4.91. The fourth-order valence-electron chi connectivity index (χ4n) is 3.32. The summed E-state index contributed by atoms with van der Waals surface area (Å²) >= 11 is 0. The molecule has 0 aromatic heterocycles. The van der Waals surface area contributed by atoms with Gasteiger partial charge in [0.2, 0.25) is 0 Å². The van der Waals surface area contributed by atoms with E-state index >= 15 is 0 Å². The quantitative estimate of drug-likeness (QED) is 0.919. The van der Waals surface area contributed by atoms with Crippen molar-refractivity contribution in [1.29, 1.82) is 0 Å². The number of likely N-dealkylation sites (tertiary alicyclic amines) is 1. The van der Waals surface area contributed by atoms with Crippen LogP contribution in [0.5, 0.6) is 5.75 Å². The fraction of sp³-hybridized carbons (Fsp3) is 0.588. The predicted molar refractivity (Wildman–Crippen MR) is 89.4 cm³/mol. The minimum absolute atomic E-state index is 0.247. The molecular formula is C17H25N3O3. The van der Waals surface area contributed by atoms with Crippen LogP contribution >= 0.6 is 0 Å². The Morgan fingerprint density at radius 2 is 1.96 bits per heavy atom. The smallest absolute Gasteiger partial charge is 0.407 e. The summed E-state index contributed by atoms with van der Waals surface area (Å²) in [5.41, 5.74) is 1.08. The maximum atomic E-state index is 11.0. The SMILES string of the molecule is CCN1CCC(Oc2ccccc2N2CCN(C(=O)O)CC2)C1. The molecule has 1 aromatic carbocycles. The van der Waals surface area contributed by atoms with Gasteiger partial charge in [-0.2, -0.15) is 0 Å². The van der Waals surface area contributed by atoms with Gasteiger partial charge in [0.05, 0.1) is 5.69 Å². The van der Waals surface area contributed by atoms with Crippen LogP contribution in [0.4, 0.5) is 10.5 Å². The van der Waals surface area contributed by atoms with Crippen LogP contribution in [-0.4, -0.2) is 72.9 Å². The summed E-state index contributed by atoms with van der Waals surface area (Å²) in [4.78, 5) is 17.1. The second-order valence-electron chi connectivity index (χ2n) is 6.15. The van der Waals surface area contributed by atoms with Crippen LogP contribution in [0.2, 0.25) is 0 Å². The van der Waals surface area contributed by atoms with E-state index in [1.54, 1.807) is 0 Å². The molecule has 1 amide bonds. The van der Waals surface area contributed by atoms with Gasteiger partial charge >= 0.3 is 6.09 Å². The lowest BCUT2D eigenvalue weighted by Crippen LogP contribution is -2.48. The van der Waals surface area contributed by atoms with E-state index in [0.717, 1.165) is 37.5 Å². The molecule has 6 nitrogen and oxygen atoms in total. The summed E-state index contributed by atoms with van der Waals surface area (Å²) in [6.07, 6.45) is 0.478. The van der Waals surface area contributed by atoms with E-state index in [1.165, 1.54) is 4.90 Å². The number of ether oxygens (including phenoxy) is 1. The number of amides is 1. The molecule has 0 radical (unpaired) electrons. The summed E-state index contributed by atoms with van der Waals surface area (Å²) < 4.78 is 6.25. The molecule has 1 unspecified atom stereocenters. The molecule has 126 valence electrons. The molecule has 0 aliphatic carbocycles. The molecule has 3 rings (SSSR count). The first kappa shape index (κ1) is 15.9. The van der Waals surface area contributed by atoms with Gasteiger partial charge in [-0.15, -0.1) is 0 Å². The summed E-state index contributed by atoms with van der Waals surface area (Å²) in [7, 11) is 0. The zero-order valence-corrected chi connectivity index (χ0v) is 13.6. The van der Waals surface area contributed by atoms with Gasteiger partial charge in [-0.1, -0.05) is 19.1 Å². The zero-order chi connectivity index (χ0) is 16.2. The third-order valence-electron chi connectivity index (χ3n) is 4.73. The van der Waals surface area contributed by atoms with E-state index in [0.29, 0.717) is 26.2 Å². The van der Waals surface area contributed by atoms with Gasteiger partial charge in [0.15, 0.2) is 0 Å². The first-order valence-electron chi connectivity index (χ1n) is 8.38. The summed E-state index contributed by atoms with van der Waals surface area (Å²) in [5.74, 6) is 0.916. The number of benzene rings is 1. The van der Waals surface area contributed by atoms with Gasteiger partial charge in [-0.3, -0.25) is 4.90 Å². The molecular weight excluding hydrogens is 294 g/mol. The van der Waals surface area contributed by atoms with E-state index in [9.17, 15) is 4.79 Å². The van der Waals surface area contributed by atoms with E-state index in [1.807, 2.05) is 18.2 Å². The minimum Gasteiger partial charge on any atom is -0.487 e. The number of carbonyl (C=O) groups is 1. The van der Waals surface area contributed by atoms with Crippen molar-refractivity contribution in [3.8, 4) is 5.75 Å². The number of para-hydroxylation sites is 2. The number of carboxylic acid groups (broad SMARTS) is 1. The average Bonchev–Trinajstić information content (AvgIpc) is 3.03. The number of hydrogen-bond donors (Lipinski definition) is 1. The Bertz CT molecular complexity index is 544. The third kappa shape index (κ3) is 3.69. The highest BCUT2D eigenvalue weighted by atomic mass is 16.5. The molecule has 1 aromatic rings. The first-order chi connectivity index (χ1) is 11.2. The van der Waals surface area contributed by atoms with Crippen LogP contribution in [0.15, 0.2) is 24.3 Å². The van der Waals surface area contributed by atoms with Crippen LogP contribution in [0.1, 0.15) is 13.3 Å². The Morgan fingerprint density at radius 1 is 1.22 bits per heavy atom. The molecule has 1 N–H and O–H groups in total. The number of likely N-dealkylation sites (N-methyl/N-ethyl adjacent to an activating group) is 1. The van der Waals surface area contributed by atoms with Gasteiger partial charge in [0, 0.05) is 39.3 Å². The molecule has 2 saturated heterocycles. The van der Waals surface area contributed by atoms with Gasteiger partial charge in [-0.25, -0.2) is 4.79 Å². The topological polar surface area (TPSA) is 56.2 Å². The van der Waals surface area contributed by atoms with Crippen LogP contribution in [0, 0.1) is 0 Å². The fourth-order valence-corrected chi connectivity index (χ4v) is 3.32. The number of hydrogen-bond acceptors (Lipinski definition) is 4. The third-order valence-corrected chi connectivity index (χ3v) is 4.73. The number of piperazine rings is 1. The highest BCUT2D eigenvalue weighted by Gasteiger charge is 2.26. The lowest BCUT2D eigenvalue weighted by Gasteiger charge is -2.35. The van der Waals surface area contributed by atoms with Crippen molar-refractivity contribution >= 4 is 11.8 Å². The predicted octanol–water partition coefficient (Wildman–Crippen LogP) is 1.96. The minimum atomic E-state index is -0.834. The van der Waals surface area contributed by atoms with Crippen molar-refractivity contribution in [3.05, 3.63) is 24.3 Å². The number of nitrogens with zero attached hydrogens (tertiary/aromatic N) is 3. The van der Waals surface area contributed by atoms with Crippen LogP contribution in [-0.2, 0) is 0 Å². The average molecular weight is 319 g/mol. The molecule has 6 heteroatoms. The van der Waals surface area contributed by atoms with Crippen LogP contribution < -0.4 is 9.64 Å². The molecule has 2 heterocycles. The van der Waals surface area contributed by atoms with E-state index in [2.05, 4.69) is 22.8 Å². The highest BCUT2D eigenvalue weighted by Crippen LogP contribution is 2.31. The monoisotopic (exact) mass is 319 g/mol. The molecule has 2 fully saturated rings. The van der Waals surface area contributed by atoms with Crippen molar-refractivity contribution in [3.63, 3.8) is 0 Å². The van der Waals surface area contributed by atoms with Gasteiger partial charge in [0.1, 0.15) is 11.9 Å². The van der Waals surface area contributed by atoms with Crippen molar-refractivity contribution in [2.24, 2.45) is 0 Å². The van der Waals surface area contributed by atoms with Crippen molar-refractivity contribution < 1.29 is 14.6 Å². The molecule has 2 aliphatic rings. The van der Waals surface area contributed by atoms with Gasteiger partial charge in [-0.05, 0) is 25.1 Å². The summed E-state index contributed by atoms with van der Waals surface area (Å²) in [5, 5.41) is 9.07. The number of rotatable bonds is 4. The van der Waals surface area contributed by atoms with Gasteiger partial charge < -0.3 is 19.6 Å². The zero-order valence-electron chi connectivity index (χ0n) is 13.6. The van der Waals surface area contributed by atoms with Gasteiger partial charge in [0.25, 0.3) is 0 Å². The molecule has 1 atom stereocenters.